The van der Waals surface area contributed by atoms with Crippen molar-refractivity contribution in [3.05, 3.63) is 16.4 Å². The van der Waals surface area contributed by atoms with Crippen LogP contribution in [-0.2, 0) is 20.0 Å². The first kappa shape index (κ1) is 15.5. The van der Waals surface area contributed by atoms with E-state index in [0.717, 1.165) is 42.5 Å². The molecule has 1 aromatic heterocycles. The fourth-order valence-corrected chi connectivity index (χ4v) is 2.61. The fraction of sp³-hybridized carbons (Fsp3) is 0.769. The highest BCUT2D eigenvalue weighted by Crippen LogP contribution is 2.22. The lowest BCUT2D eigenvalue weighted by atomic mass is 10.1. The standard InChI is InChI=1S/C13H25ClN4/c1-6-11-13(14)12(18(5)16-11)9-17(4)8-10(2)7-15-3/h10,15H,6-9H2,1-5H3. The summed E-state index contributed by atoms with van der Waals surface area (Å²) in [5.74, 6) is 0.623. The minimum absolute atomic E-state index is 0.623. The predicted molar refractivity (Wildman–Crippen MR) is 77.0 cm³/mol. The lowest BCUT2D eigenvalue weighted by molar-refractivity contribution is 0.270. The zero-order chi connectivity index (χ0) is 13.7. The second kappa shape index (κ2) is 7.12. The molecule has 104 valence electrons. The van der Waals surface area contributed by atoms with Gasteiger partial charge in [-0.05, 0) is 33.0 Å². The van der Waals surface area contributed by atoms with Crippen LogP contribution in [0.1, 0.15) is 25.2 Å². The van der Waals surface area contributed by atoms with Gasteiger partial charge in [0.15, 0.2) is 0 Å². The van der Waals surface area contributed by atoms with Crippen molar-refractivity contribution in [2.75, 3.05) is 27.2 Å². The van der Waals surface area contributed by atoms with Gasteiger partial charge in [0, 0.05) is 20.1 Å². The average Bonchev–Trinajstić information content (AvgIpc) is 2.56. The number of aryl methyl sites for hydroxylation is 2. The Labute approximate surface area is 115 Å². The first-order chi connectivity index (χ1) is 8.49. The Morgan fingerprint density at radius 3 is 2.67 bits per heavy atom. The van der Waals surface area contributed by atoms with Crippen molar-refractivity contribution in [2.24, 2.45) is 13.0 Å². The fourth-order valence-electron chi connectivity index (χ4n) is 2.26. The van der Waals surface area contributed by atoms with Gasteiger partial charge in [0.1, 0.15) is 0 Å². The Balaban J connectivity index is 2.64. The summed E-state index contributed by atoms with van der Waals surface area (Å²) in [5, 5.41) is 8.47. The van der Waals surface area contributed by atoms with Crippen molar-refractivity contribution in [3.63, 3.8) is 0 Å². The molecule has 0 bridgehead atoms. The molecule has 0 saturated heterocycles. The average molecular weight is 273 g/mol. The summed E-state index contributed by atoms with van der Waals surface area (Å²) in [6.45, 7) is 7.25. The van der Waals surface area contributed by atoms with Crippen LogP contribution in [0, 0.1) is 5.92 Å². The number of rotatable bonds is 7. The Bertz CT molecular complexity index is 375. The molecular formula is C13H25ClN4. The van der Waals surface area contributed by atoms with Crippen LogP contribution in [0.25, 0.3) is 0 Å². The van der Waals surface area contributed by atoms with Crippen molar-refractivity contribution >= 4 is 11.6 Å². The monoisotopic (exact) mass is 272 g/mol. The van der Waals surface area contributed by atoms with E-state index < -0.39 is 0 Å². The smallest absolute Gasteiger partial charge is 0.0863 e. The highest BCUT2D eigenvalue weighted by atomic mass is 35.5. The van der Waals surface area contributed by atoms with Crippen molar-refractivity contribution in [1.82, 2.24) is 20.0 Å². The SMILES string of the molecule is CCc1nn(C)c(CN(C)CC(C)CNC)c1Cl. The van der Waals surface area contributed by atoms with Crippen molar-refractivity contribution in [2.45, 2.75) is 26.8 Å². The number of nitrogens with zero attached hydrogens (tertiary/aromatic N) is 3. The molecule has 1 aromatic rings. The molecule has 1 atom stereocenters. The van der Waals surface area contributed by atoms with Gasteiger partial charge in [0.2, 0.25) is 0 Å². The topological polar surface area (TPSA) is 33.1 Å². The molecule has 0 spiro atoms. The van der Waals surface area contributed by atoms with Gasteiger partial charge in [-0.3, -0.25) is 4.68 Å². The second-order valence-corrected chi connectivity index (χ2v) is 5.42. The van der Waals surface area contributed by atoms with Crippen LogP contribution < -0.4 is 5.32 Å². The highest BCUT2D eigenvalue weighted by molar-refractivity contribution is 6.31. The van der Waals surface area contributed by atoms with Crippen LogP contribution >= 0.6 is 11.6 Å². The van der Waals surface area contributed by atoms with Gasteiger partial charge in [-0.2, -0.15) is 5.10 Å². The van der Waals surface area contributed by atoms with E-state index in [9.17, 15) is 0 Å². The number of halogens is 1. The van der Waals surface area contributed by atoms with Gasteiger partial charge in [0.05, 0.1) is 16.4 Å². The lowest BCUT2D eigenvalue weighted by Gasteiger charge is -2.21. The molecule has 0 amide bonds. The van der Waals surface area contributed by atoms with Gasteiger partial charge in [-0.1, -0.05) is 25.4 Å². The minimum atomic E-state index is 0.623. The van der Waals surface area contributed by atoms with Gasteiger partial charge in [-0.25, -0.2) is 0 Å². The Hall–Kier alpha value is -0.580. The lowest BCUT2D eigenvalue weighted by Crippen LogP contribution is -2.30. The number of aromatic nitrogens is 2. The third-order valence-electron chi connectivity index (χ3n) is 3.10. The molecule has 1 rings (SSSR count). The molecule has 0 radical (unpaired) electrons. The molecule has 0 fully saturated rings. The molecular weight excluding hydrogens is 248 g/mol. The zero-order valence-electron chi connectivity index (χ0n) is 12.1. The number of nitrogens with one attached hydrogen (secondary N) is 1. The van der Waals surface area contributed by atoms with E-state index >= 15 is 0 Å². The second-order valence-electron chi connectivity index (χ2n) is 5.04. The third-order valence-corrected chi connectivity index (χ3v) is 3.53. The normalized spacial score (nSPS) is 13.3. The van der Waals surface area contributed by atoms with Gasteiger partial charge in [0.25, 0.3) is 0 Å². The summed E-state index contributed by atoms with van der Waals surface area (Å²) < 4.78 is 1.90. The zero-order valence-corrected chi connectivity index (χ0v) is 12.9. The quantitative estimate of drug-likeness (QED) is 0.823. The summed E-state index contributed by atoms with van der Waals surface area (Å²) in [5.41, 5.74) is 2.10. The van der Waals surface area contributed by atoms with Gasteiger partial charge < -0.3 is 10.2 Å². The van der Waals surface area contributed by atoms with E-state index in [1.54, 1.807) is 0 Å². The van der Waals surface area contributed by atoms with Crippen molar-refractivity contribution in [1.29, 1.82) is 0 Å². The van der Waals surface area contributed by atoms with E-state index in [4.69, 9.17) is 11.6 Å². The van der Waals surface area contributed by atoms with Gasteiger partial charge >= 0.3 is 0 Å². The van der Waals surface area contributed by atoms with E-state index in [1.807, 2.05) is 18.8 Å². The maximum atomic E-state index is 6.35. The van der Waals surface area contributed by atoms with Crippen LogP contribution in [0.3, 0.4) is 0 Å². The van der Waals surface area contributed by atoms with E-state index in [-0.39, 0.29) is 0 Å². The van der Waals surface area contributed by atoms with E-state index in [1.165, 1.54) is 0 Å². The van der Waals surface area contributed by atoms with E-state index in [2.05, 4.69) is 36.2 Å². The molecule has 5 heteroatoms. The highest BCUT2D eigenvalue weighted by Gasteiger charge is 2.15. The summed E-state index contributed by atoms with van der Waals surface area (Å²) in [7, 11) is 6.08. The Morgan fingerprint density at radius 2 is 2.17 bits per heavy atom. The first-order valence-corrected chi connectivity index (χ1v) is 6.90. The minimum Gasteiger partial charge on any atom is -0.319 e. The number of hydrogen-bond acceptors (Lipinski definition) is 3. The van der Waals surface area contributed by atoms with E-state index in [0.29, 0.717) is 5.92 Å². The summed E-state index contributed by atoms with van der Waals surface area (Å²) >= 11 is 6.35. The molecule has 0 aliphatic carbocycles. The molecule has 1 heterocycles. The third kappa shape index (κ3) is 3.97. The van der Waals surface area contributed by atoms with Crippen LogP contribution in [0.2, 0.25) is 5.02 Å². The predicted octanol–water partition coefficient (Wildman–Crippen LogP) is 1.92. The number of hydrogen-bond donors (Lipinski definition) is 1. The van der Waals surface area contributed by atoms with Crippen molar-refractivity contribution < 1.29 is 0 Å². The summed E-state index contributed by atoms with van der Waals surface area (Å²) in [6, 6.07) is 0. The van der Waals surface area contributed by atoms with Gasteiger partial charge in [-0.15, -0.1) is 0 Å². The molecule has 4 nitrogen and oxygen atoms in total. The Kier molecular flexibility index (Phi) is 6.12. The molecule has 0 saturated carbocycles. The molecule has 0 aromatic carbocycles. The van der Waals surface area contributed by atoms with Crippen LogP contribution in [0.5, 0.6) is 0 Å². The maximum absolute atomic E-state index is 6.35. The molecule has 1 N–H and O–H groups in total. The molecule has 0 aliphatic rings. The summed E-state index contributed by atoms with van der Waals surface area (Å²) in [4.78, 5) is 2.30. The molecule has 1 unspecified atom stereocenters. The largest absolute Gasteiger partial charge is 0.319 e. The first-order valence-electron chi connectivity index (χ1n) is 6.52. The van der Waals surface area contributed by atoms with Crippen LogP contribution in [0.4, 0.5) is 0 Å². The Morgan fingerprint density at radius 1 is 1.50 bits per heavy atom. The molecule has 18 heavy (non-hydrogen) atoms. The maximum Gasteiger partial charge on any atom is 0.0863 e. The summed E-state index contributed by atoms with van der Waals surface area (Å²) in [6.07, 6.45) is 0.881. The molecule has 0 aliphatic heterocycles. The van der Waals surface area contributed by atoms with Crippen molar-refractivity contribution in [3.8, 4) is 0 Å². The van der Waals surface area contributed by atoms with Crippen LogP contribution in [-0.4, -0.2) is 41.9 Å². The van der Waals surface area contributed by atoms with Crippen LogP contribution in [0.15, 0.2) is 0 Å².